The average molecular weight is 904 g/mol. The molecule has 4 heterocycles. The smallest absolute Gasteiger partial charge is 0.264 e. The Labute approximate surface area is 377 Å². The Morgan fingerprint density at radius 3 is 2.32 bits per heavy atom. The number of carbonyl (C=O) groups is 6. The molecule has 4 aromatic carbocycles. The molecule has 0 aliphatic carbocycles. The van der Waals surface area contributed by atoms with E-state index in [1.807, 2.05) is 49.4 Å². The van der Waals surface area contributed by atoms with Crippen molar-refractivity contribution in [1.82, 2.24) is 19.8 Å². The van der Waals surface area contributed by atoms with Gasteiger partial charge in [0.15, 0.2) is 0 Å². The number of amides is 6. The average Bonchev–Trinajstić information content (AvgIpc) is 3.86. The summed E-state index contributed by atoms with van der Waals surface area (Å²) >= 11 is 0. The minimum Gasteiger partial charge on any atom is -0.394 e. The van der Waals surface area contributed by atoms with Gasteiger partial charge in [-0.15, -0.1) is 0 Å². The highest BCUT2D eigenvalue weighted by Crippen LogP contribution is 2.49. The predicted octanol–water partition coefficient (Wildman–Crippen LogP) is 5.11. The maximum absolute atomic E-state index is 14.0. The van der Waals surface area contributed by atoms with E-state index in [1.54, 1.807) is 46.8 Å². The number of unbranched alkanes of at least 4 members (excludes halogenated alkanes) is 2. The molecule has 4 aliphatic heterocycles. The van der Waals surface area contributed by atoms with Crippen molar-refractivity contribution >= 4 is 62.5 Å². The second-order valence-corrected chi connectivity index (χ2v) is 18.9. The Morgan fingerprint density at radius 2 is 1.55 bits per heavy atom. The van der Waals surface area contributed by atoms with Crippen molar-refractivity contribution < 1.29 is 42.3 Å². The van der Waals surface area contributed by atoms with Gasteiger partial charge < -0.3 is 26.4 Å². The summed E-state index contributed by atoms with van der Waals surface area (Å²) in [7, 11) is -3.82. The topological polar surface area (TPSA) is 223 Å². The summed E-state index contributed by atoms with van der Waals surface area (Å²) in [6.45, 7) is 3.05. The largest absolute Gasteiger partial charge is 0.394 e. The van der Waals surface area contributed by atoms with Gasteiger partial charge in [-0.05, 0) is 111 Å². The van der Waals surface area contributed by atoms with Gasteiger partial charge in [0.25, 0.3) is 11.8 Å². The lowest BCUT2D eigenvalue weighted by molar-refractivity contribution is -0.136. The number of nitrogens with zero attached hydrogens (tertiary/aromatic N) is 2. The molecule has 2 saturated heterocycles. The number of carbonyl (C=O) groups excluding carboxylic acids is 6. The summed E-state index contributed by atoms with van der Waals surface area (Å²) in [6.07, 6.45) is 3.61. The fraction of sp³-hybridized carbons (Fsp3) is 0.375. The summed E-state index contributed by atoms with van der Waals surface area (Å²) in [5.74, 6) is -2.65. The predicted molar refractivity (Wildman–Crippen MR) is 243 cm³/mol. The lowest BCUT2D eigenvalue weighted by Gasteiger charge is -2.39. The highest BCUT2D eigenvalue weighted by molar-refractivity contribution is 7.89. The first-order valence-corrected chi connectivity index (χ1v) is 23.6. The third-order valence-corrected chi connectivity index (χ3v) is 14.6. The number of rotatable bonds is 17. The van der Waals surface area contributed by atoms with Gasteiger partial charge in [-0.3, -0.25) is 39.0 Å². The van der Waals surface area contributed by atoms with Gasteiger partial charge in [0, 0.05) is 61.9 Å². The molecule has 17 heteroatoms. The zero-order chi connectivity index (χ0) is 45.8. The summed E-state index contributed by atoms with van der Waals surface area (Å²) in [4.78, 5) is 77.1. The molecular weight excluding hydrogens is 851 g/mol. The highest BCUT2D eigenvalue weighted by Gasteiger charge is 2.49. The van der Waals surface area contributed by atoms with Crippen molar-refractivity contribution in [2.75, 3.05) is 42.2 Å². The normalized spacial score (nSPS) is 20.4. The number of fused-ring (bicyclic) bond motifs is 4. The van der Waals surface area contributed by atoms with Crippen LogP contribution >= 0.6 is 0 Å². The second kappa shape index (κ2) is 19.4. The van der Waals surface area contributed by atoms with Crippen molar-refractivity contribution in [2.45, 2.75) is 87.7 Å². The van der Waals surface area contributed by atoms with E-state index in [0.717, 1.165) is 32.8 Å². The molecule has 0 spiro atoms. The number of hydrogen-bond donors (Lipinski definition) is 6. The van der Waals surface area contributed by atoms with Crippen LogP contribution in [0.2, 0.25) is 0 Å². The molecule has 340 valence electrons. The third-order valence-electron chi connectivity index (χ3n) is 12.7. The number of aryl methyl sites for hydroxylation is 1. The maximum atomic E-state index is 14.0. The summed E-state index contributed by atoms with van der Waals surface area (Å²) in [5.41, 5.74) is 5.79. The van der Waals surface area contributed by atoms with Crippen LogP contribution in [0.4, 0.5) is 17.1 Å². The molecular formula is C48H53N7O9S. The minimum absolute atomic E-state index is 0.0441. The van der Waals surface area contributed by atoms with E-state index in [4.69, 9.17) is 0 Å². The van der Waals surface area contributed by atoms with Crippen molar-refractivity contribution in [2.24, 2.45) is 5.92 Å². The minimum atomic E-state index is -3.82. The Morgan fingerprint density at radius 1 is 0.815 bits per heavy atom. The standard InChI is InChI=1S/C48H53N7O9S/c1-29-14-17-33(18-15-29)65(63,64)54-25-22-34-39(28-56)52-37-19-16-31(27-36(37)45(34)54)30-8-6-9-32(26-30)51-42(58)13-3-2-12-41(57)50-24-5-4-23-49-38-11-7-10-35-44(38)48(62)55(47(35)61)40-20-21-43(59)53-46(40)60/h6-11,14-19,26-27,34,39-40,45,49,52,56H,2-5,12-13,20-25,28H2,1H3,(H,50,57)(H,51,58)(H,53,59,60)/t34-,39+,40?,45-/m1/s1. The van der Waals surface area contributed by atoms with Gasteiger partial charge in [0.05, 0.1) is 34.7 Å². The van der Waals surface area contributed by atoms with E-state index in [-0.39, 0.29) is 72.1 Å². The van der Waals surface area contributed by atoms with Gasteiger partial charge in [0.2, 0.25) is 33.7 Å². The van der Waals surface area contributed by atoms with Crippen LogP contribution in [-0.2, 0) is 29.2 Å². The first-order valence-electron chi connectivity index (χ1n) is 22.2. The Hall–Kier alpha value is -6.43. The quantitative estimate of drug-likeness (QED) is 0.0604. The monoisotopic (exact) mass is 903 g/mol. The van der Waals surface area contributed by atoms with Gasteiger partial charge in [0.1, 0.15) is 6.04 Å². The number of nitrogens with one attached hydrogen (secondary N) is 5. The van der Waals surface area contributed by atoms with Crippen LogP contribution in [0.1, 0.15) is 95.7 Å². The number of aliphatic hydroxyl groups is 1. The number of imide groups is 2. The van der Waals surface area contributed by atoms with Crippen LogP contribution in [0.5, 0.6) is 0 Å². The molecule has 8 rings (SSSR count). The van der Waals surface area contributed by atoms with Crippen LogP contribution in [0.3, 0.4) is 0 Å². The van der Waals surface area contributed by atoms with E-state index < -0.39 is 45.7 Å². The molecule has 1 unspecified atom stereocenters. The number of sulfonamides is 1. The van der Waals surface area contributed by atoms with Crippen molar-refractivity contribution in [3.05, 3.63) is 107 Å². The number of hydrogen-bond acceptors (Lipinski definition) is 11. The molecule has 6 amide bonds. The van der Waals surface area contributed by atoms with Crippen LogP contribution in [-0.4, -0.2) is 96.5 Å². The fourth-order valence-corrected chi connectivity index (χ4v) is 11.0. The van der Waals surface area contributed by atoms with Gasteiger partial charge in [-0.1, -0.05) is 42.0 Å². The first-order chi connectivity index (χ1) is 31.3. The van der Waals surface area contributed by atoms with Crippen LogP contribution < -0.4 is 26.6 Å². The summed E-state index contributed by atoms with van der Waals surface area (Å²) in [6, 6.07) is 23.3. The maximum Gasteiger partial charge on any atom is 0.264 e. The molecule has 65 heavy (non-hydrogen) atoms. The Balaban J connectivity index is 0.774. The molecule has 0 radical (unpaired) electrons. The van der Waals surface area contributed by atoms with Gasteiger partial charge in [-0.2, -0.15) is 4.31 Å². The molecule has 2 fully saturated rings. The van der Waals surface area contributed by atoms with E-state index in [1.165, 1.54) is 0 Å². The van der Waals surface area contributed by atoms with E-state index >= 15 is 0 Å². The van der Waals surface area contributed by atoms with Crippen molar-refractivity contribution in [1.29, 1.82) is 0 Å². The van der Waals surface area contributed by atoms with Crippen LogP contribution in [0.25, 0.3) is 11.1 Å². The Bertz CT molecular complexity index is 2640. The lowest BCUT2D eigenvalue weighted by atomic mass is 9.82. The summed E-state index contributed by atoms with van der Waals surface area (Å²) in [5, 5.41) is 25.0. The van der Waals surface area contributed by atoms with Gasteiger partial charge in [-0.25, -0.2) is 8.42 Å². The number of piperidine rings is 1. The third kappa shape index (κ3) is 9.53. The number of benzene rings is 4. The lowest BCUT2D eigenvalue weighted by Crippen LogP contribution is -2.54. The van der Waals surface area contributed by atoms with E-state index in [0.29, 0.717) is 63.1 Å². The molecule has 6 N–H and O–H groups in total. The molecule has 16 nitrogen and oxygen atoms in total. The van der Waals surface area contributed by atoms with Crippen LogP contribution in [0.15, 0.2) is 89.8 Å². The fourth-order valence-electron chi connectivity index (χ4n) is 9.34. The van der Waals surface area contributed by atoms with Gasteiger partial charge >= 0.3 is 0 Å². The molecule has 4 aliphatic rings. The molecule has 4 aromatic rings. The molecule has 4 atom stereocenters. The Kier molecular flexibility index (Phi) is 13.4. The van der Waals surface area contributed by atoms with Crippen molar-refractivity contribution in [3.63, 3.8) is 0 Å². The number of aliphatic hydroxyl groups excluding tert-OH is 1. The van der Waals surface area contributed by atoms with E-state index in [2.05, 4.69) is 26.6 Å². The molecule has 0 bridgehead atoms. The zero-order valence-corrected chi connectivity index (χ0v) is 36.9. The SMILES string of the molecule is Cc1ccc(S(=O)(=O)N2CC[C@@H]3[C@H](CO)Nc4ccc(-c5cccc(NC(=O)CCCCC(=O)NCCCCNc6cccc7c6C(=O)N(C6CCC(=O)NC6=O)C7=O)c5)cc4[C@@H]32)cc1. The number of anilines is 3. The summed E-state index contributed by atoms with van der Waals surface area (Å²) < 4.78 is 29.6. The van der Waals surface area contributed by atoms with E-state index in [9.17, 15) is 42.3 Å². The zero-order valence-electron chi connectivity index (χ0n) is 36.1. The highest BCUT2D eigenvalue weighted by atomic mass is 32.2. The first kappa shape index (κ1) is 45.1. The molecule has 0 saturated carbocycles. The molecule has 0 aromatic heterocycles. The second-order valence-electron chi connectivity index (χ2n) is 17.1. The van der Waals surface area contributed by atoms with Crippen molar-refractivity contribution in [3.8, 4) is 11.1 Å². The van der Waals surface area contributed by atoms with Crippen LogP contribution in [0, 0.1) is 12.8 Å².